The summed E-state index contributed by atoms with van der Waals surface area (Å²) in [6, 6.07) is 18.8. The minimum Gasteiger partial charge on any atom is -0.347 e. The van der Waals surface area contributed by atoms with Gasteiger partial charge >= 0.3 is 0 Å². The van der Waals surface area contributed by atoms with Crippen molar-refractivity contribution in [3.05, 3.63) is 66.6 Å². The second-order valence-electron chi connectivity index (χ2n) is 5.51. The Bertz CT molecular complexity index is 714. The lowest BCUT2D eigenvalue weighted by atomic mass is 10.0. The predicted molar refractivity (Wildman–Crippen MR) is 91.3 cm³/mol. The molecule has 112 valence electrons. The summed E-state index contributed by atoms with van der Waals surface area (Å²) < 4.78 is 0. The summed E-state index contributed by atoms with van der Waals surface area (Å²) in [5.41, 5.74) is 10.6. The van der Waals surface area contributed by atoms with E-state index < -0.39 is 0 Å². The number of aromatic amines is 1. The summed E-state index contributed by atoms with van der Waals surface area (Å²) >= 11 is 0. The molecule has 3 aromatic rings. The number of rotatable bonds is 5. The molecule has 1 aromatic heterocycles. The molecule has 0 aliphatic carbocycles. The van der Waals surface area contributed by atoms with Gasteiger partial charge in [-0.1, -0.05) is 67.9 Å². The predicted octanol–water partition coefficient (Wildman–Crippen LogP) is 4.54. The van der Waals surface area contributed by atoms with Gasteiger partial charge in [-0.25, -0.2) is 4.98 Å². The van der Waals surface area contributed by atoms with E-state index in [1.807, 2.05) is 12.3 Å². The first kappa shape index (κ1) is 14.5. The van der Waals surface area contributed by atoms with Crippen LogP contribution in [0.25, 0.3) is 22.4 Å². The van der Waals surface area contributed by atoms with Crippen LogP contribution in [0, 0.1) is 0 Å². The van der Waals surface area contributed by atoms with Crippen molar-refractivity contribution in [1.29, 1.82) is 0 Å². The molecule has 1 unspecified atom stereocenters. The molecular formula is C19H21N3. The second-order valence-corrected chi connectivity index (χ2v) is 5.51. The summed E-state index contributed by atoms with van der Waals surface area (Å²) in [6.45, 7) is 2.13. The van der Waals surface area contributed by atoms with Gasteiger partial charge in [0.05, 0.1) is 11.7 Å². The number of H-pyrrole nitrogens is 1. The average Bonchev–Trinajstić information content (AvgIpc) is 3.06. The van der Waals surface area contributed by atoms with Crippen LogP contribution in [0.3, 0.4) is 0 Å². The van der Waals surface area contributed by atoms with E-state index in [-0.39, 0.29) is 6.04 Å². The monoisotopic (exact) mass is 291 g/mol. The van der Waals surface area contributed by atoms with Crippen molar-refractivity contribution in [3.63, 3.8) is 0 Å². The van der Waals surface area contributed by atoms with Crippen molar-refractivity contribution >= 4 is 0 Å². The molecule has 0 amide bonds. The molecule has 0 saturated carbocycles. The minimum atomic E-state index is -0.0117. The zero-order valence-corrected chi connectivity index (χ0v) is 12.8. The van der Waals surface area contributed by atoms with Gasteiger partial charge in [-0.15, -0.1) is 0 Å². The van der Waals surface area contributed by atoms with Crippen molar-refractivity contribution in [2.24, 2.45) is 5.73 Å². The minimum absolute atomic E-state index is 0.0117. The first-order valence-corrected chi connectivity index (χ1v) is 7.74. The smallest absolute Gasteiger partial charge is 0.123 e. The molecule has 0 fully saturated rings. The molecule has 0 aliphatic rings. The zero-order chi connectivity index (χ0) is 15.4. The highest BCUT2D eigenvalue weighted by atomic mass is 15.0. The van der Waals surface area contributed by atoms with Gasteiger partial charge in [-0.05, 0) is 17.5 Å². The molecule has 1 heterocycles. The lowest BCUT2D eigenvalue weighted by Gasteiger charge is -2.05. The van der Waals surface area contributed by atoms with Gasteiger partial charge < -0.3 is 10.7 Å². The van der Waals surface area contributed by atoms with E-state index in [4.69, 9.17) is 5.73 Å². The van der Waals surface area contributed by atoms with Crippen molar-refractivity contribution in [3.8, 4) is 22.4 Å². The Morgan fingerprint density at radius 1 is 0.955 bits per heavy atom. The third-order valence-electron chi connectivity index (χ3n) is 3.84. The summed E-state index contributed by atoms with van der Waals surface area (Å²) in [4.78, 5) is 7.82. The van der Waals surface area contributed by atoms with Gasteiger partial charge in [0.2, 0.25) is 0 Å². The van der Waals surface area contributed by atoms with Crippen LogP contribution in [0.15, 0.2) is 60.8 Å². The largest absolute Gasteiger partial charge is 0.347 e. The van der Waals surface area contributed by atoms with E-state index in [0.29, 0.717) is 0 Å². The van der Waals surface area contributed by atoms with Crippen LogP contribution >= 0.6 is 0 Å². The van der Waals surface area contributed by atoms with Gasteiger partial charge in [0.1, 0.15) is 5.82 Å². The maximum Gasteiger partial charge on any atom is 0.123 e. The first-order valence-electron chi connectivity index (χ1n) is 7.74. The highest BCUT2D eigenvalue weighted by Crippen LogP contribution is 2.24. The number of nitrogens with zero attached hydrogens (tertiary/aromatic N) is 1. The van der Waals surface area contributed by atoms with Crippen molar-refractivity contribution in [2.75, 3.05) is 0 Å². The van der Waals surface area contributed by atoms with Crippen molar-refractivity contribution in [2.45, 2.75) is 25.8 Å². The normalized spacial score (nSPS) is 12.3. The number of aromatic nitrogens is 2. The Kier molecular flexibility index (Phi) is 4.35. The molecule has 0 radical (unpaired) electrons. The third-order valence-corrected chi connectivity index (χ3v) is 3.84. The van der Waals surface area contributed by atoms with Crippen LogP contribution in [-0.4, -0.2) is 9.97 Å². The second kappa shape index (κ2) is 6.58. The number of benzene rings is 2. The fraction of sp³-hybridized carbons (Fsp3) is 0.211. The number of nitrogens with two attached hydrogens (primary N) is 1. The van der Waals surface area contributed by atoms with E-state index >= 15 is 0 Å². The van der Waals surface area contributed by atoms with E-state index in [1.165, 1.54) is 11.1 Å². The lowest BCUT2D eigenvalue weighted by molar-refractivity contribution is 0.609. The molecule has 3 heteroatoms. The first-order chi connectivity index (χ1) is 10.8. The molecule has 0 spiro atoms. The summed E-state index contributed by atoms with van der Waals surface area (Å²) in [6.07, 6.45) is 3.94. The van der Waals surface area contributed by atoms with E-state index in [9.17, 15) is 0 Å². The number of nitrogens with one attached hydrogen (secondary N) is 1. The molecule has 2 aromatic carbocycles. The van der Waals surface area contributed by atoms with E-state index in [1.54, 1.807) is 0 Å². The fourth-order valence-electron chi connectivity index (χ4n) is 2.59. The molecule has 22 heavy (non-hydrogen) atoms. The highest BCUT2D eigenvalue weighted by molar-refractivity contribution is 5.68. The maximum atomic E-state index is 6.10. The quantitative estimate of drug-likeness (QED) is 0.725. The molecule has 3 rings (SSSR count). The van der Waals surface area contributed by atoms with E-state index in [2.05, 4.69) is 65.4 Å². The van der Waals surface area contributed by atoms with Crippen LogP contribution < -0.4 is 5.73 Å². The van der Waals surface area contributed by atoms with Gasteiger partial charge in [-0.2, -0.15) is 0 Å². The van der Waals surface area contributed by atoms with Crippen molar-refractivity contribution < 1.29 is 0 Å². The lowest BCUT2D eigenvalue weighted by Crippen LogP contribution is -2.11. The van der Waals surface area contributed by atoms with E-state index in [0.717, 1.165) is 29.9 Å². The zero-order valence-electron chi connectivity index (χ0n) is 12.8. The Balaban J connectivity index is 1.81. The number of imidazole rings is 1. The number of hydrogen-bond donors (Lipinski definition) is 2. The molecular weight excluding hydrogens is 270 g/mol. The molecule has 0 saturated heterocycles. The SMILES string of the molecule is CCCC(N)c1nc(-c2ccc(-c3ccccc3)cc2)c[nH]1. The Morgan fingerprint density at radius 2 is 1.59 bits per heavy atom. The van der Waals surface area contributed by atoms with Gasteiger partial charge in [0, 0.05) is 11.8 Å². The molecule has 0 bridgehead atoms. The molecule has 0 aliphatic heterocycles. The van der Waals surface area contributed by atoms with Crippen LogP contribution in [0.4, 0.5) is 0 Å². The third kappa shape index (κ3) is 3.10. The average molecular weight is 291 g/mol. The highest BCUT2D eigenvalue weighted by Gasteiger charge is 2.10. The van der Waals surface area contributed by atoms with Gasteiger partial charge in [0.15, 0.2) is 0 Å². The number of hydrogen-bond acceptors (Lipinski definition) is 2. The Morgan fingerprint density at radius 3 is 2.27 bits per heavy atom. The molecule has 3 nitrogen and oxygen atoms in total. The van der Waals surface area contributed by atoms with Crippen LogP contribution in [-0.2, 0) is 0 Å². The summed E-state index contributed by atoms with van der Waals surface area (Å²) in [5.74, 6) is 0.865. The maximum absolute atomic E-state index is 6.10. The van der Waals surface area contributed by atoms with Gasteiger partial charge in [-0.3, -0.25) is 0 Å². The summed E-state index contributed by atoms with van der Waals surface area (Å²) in [7, 11) is 0. The molecule has 3 N–H and O–H groups in total. The fourth-order valence-corrected chi connectivity index (χ4v) is 2.59. The van der Waals surface area contributed by atoms with Crippen molar-refractivity contribution in [1.82, 2.24) is 9.97 Å². The van der Waals surface area contributed by atoms with Gasteiger partial charge in [0.25, 0.3) is 0 Å². The van der Waals surface area contributed by atoms with Crippen LogP contribution in [0.2, 0.25) is 0 Å². The summed E-state index contributed by atoms with van der Waals surface area (Å²) in [5, 5.41) is 0. The standard InChI is InChI=1S/C19H21N3/c1-2-6-17(20)19-21-13-18(22-19)16-11-9-15(10-12-16)14-7-4-3-5-8-14/h3-5,7-13,17H,2,6,20H2,1H3,(H,21,22). The van der Waals surface area contributed by atoms with Crippen LogP contribution in [0.5, 0.6) is 0 Å². The Labute approximate surface area is 131 Å². The Hall–Kier alpha value is -2.39. The molecule has 1 atom stereocenters. The van der Waals surface area contributed by atoms with Crippen LogP contribution in [0.1, 0.15) is 31.6 Å². The topological polar surface area (TPSA) is 54.7 Å².